The Morgan fingerprint density at radius 2 is 2.00 bits per heavy atom. The van der Waals surface area contributed by atoms with E-state index in [1.807, 2.05) is 0 Å². The Hall–Kier alpha value is -0.720. The van der Waals surface area contributed by atoms with Crippen LogP contribution in [0.3, 0.4) is 0 Å². The van der Waals surface area contributed by atoms with Crippen LogP contribution in [0.25, 0.3) is 0 Å². The van der Waals surface area contributed by atoms with Crippen LogP contribution in [0.2, 0.25) is 0 Å². The molecule has 0 unspecified atom stereocenters. The van der Waals surface area contributed by atoms with Crippen molar-refractivity contribution in [2.45, 2.75) is 46.5 Å². The fourth-order valence-corrected chi connectivity index (χ4v) is 1.74. The number of rotatable bonds is 5. The zero-order valence-electron chi connectivity index (χ0n) is 9.84. The summed E-state index contributed by atoms with van der Waals surface area (Å²) in [5.74, 6) is 0. The maximum atomic E-state index is 2.43. The molecule has 0 aromatic rings. The molecule has 1 aliphatic heterocycles. The van der Waals surface area contributed by atoms with Crippen molar-refractivity contribution < 1.29 is 0 Å². The van der Waals surface area contributed by atoms with Gasteiger partial charge in [-0.1, -0.05) is 31.8 Å². The van der Waals surface area contributed by atoms with Gasteiger partial charge in [-0.15, -0.1) is 0 Å². The molecule has 0 amide bonds. The van der Waals surface area contributed by atoms with E-state index in [0.29, 0.717) is 0 Å². The molecule has 0 bridgehead atoms. The number of unbranched alkanes of at least 4 members (excludes halogenated alkanes) is 3. The van der Waals surface area contributed by atoms with Crippen LogP contribution in [0.15, 0.2) is 23.4 Å². The van der Waals surface area contributed by atoms with E-state index in [1.54, 1.807) is 0 Å². The Balaban J connectivity index is 2.20. The van der Waals surface area contributed by atoms with Crippen molar-refractivity contribution in [3.05, 3.63) is 23.4 Å². The third-order valence-corrected chi connectivity index (χ3v) is 2.95. The van der Waals surface area contributed by atoms with Crippen molar-refractivity contribution in [3.8, 4) is 0 Å². The Labute approximate surface area is 88.5 Å². The molecule has 1 aliphatic rings. The molecular formula is C13H23N. The van der Waals surface area contributed by atoms with Crippen LogP contribution in [0.5, 0.6) is 0 Å². The third-order valence-electron chi connectivity index (χ3n) is 2.95. The van der Waals surface area contributed by atoms with Crippen molar-refractivity contribution in [2.75, 3.05) is 13.1 Å². The molecule has 1 rings (SSSR count). The van der Waals surface area contributed by atoms with Crippen molar-refractivity contribution in [3.63, 3.8) is 0 Å². The van der Waals surface area contributed by atoms with Crippen molar-refractivity contribution >= 4 is 0 Å². The van der Waals surface area contributed by atoms with Crippen LogP contribution in [0.4, 0.5) is 0 Å². The van der Waals surface area contributed by atoms with Gasteiger partial charge >= 0.3 is 0 Å². The molecule has 0 atom stereocenters. The molecule has 0 N–H and O–H groups in total. The zero-order valence-corrected chi connectivity index (χ0v) is 9.84. The topological polar surface area (TPSA) is 3.24 Å². The summed E-state index contributed by atoms with van der Waals surface area (Å²) >= 11 is 0. The Kier molecular flexibility index (Phi) is 4.78. The van der Waals surface area contributed by atoms with Gasteiger partial charge in [0.1, 0.15) is 0 Å². The minimum atomic E-state index is 1.13. The first-order chi connectivity index (χ1) is 6.74. The first kappa shape index (κ1) is 11.4. The van der Waals surface area contributed by atoms with Gasteiger partial charge in [0, 0.05) is 13.1 Å². The third kappa shape index (κ3) is 3.57. The van der Waals surface area contributed by atoms with E-state index in [2.05, 4.69) is 37.9 Å². The van der Waals surface area contributed by atoms with Gasteiger partial charge in [0.15, 0.2) is 0 Å². The molecule has 0 aromatic heterocycles. The molecule has 80 valence electrons. The normalized spacial score (nSPS) is 16.6. The van der Waals surface area contributed by atoms with Crippen LogP contribution in [0, 0.1) is 0 Å². The van der Waals surface area contributed by atoms with E-state index in [9.17, 15) is 0 Å². The van der Waals surface area contributed by atoms with Gasteiger partial charge < -0.3 is 4.90 Å². The fraction of sp³-hybridized carbons (Fsp3) is 0.692. The van der Waals surface area contributed by atoms with Gasteiger partial charge in [-0.2, -0.15) is 0 Å². The van der Waals surface area contributed by atoms with E-state index in [1.165, 1.54) is 43.4 Å². The highest BCUT2D eigenvalue weighted by molar-refractivity contribution is 5.26. The molecule has 0 saturated heterocycles. The highest BCUT2D eigenvalue weighted by Gasteiger charge is 2.06. The van der Waals surface area contributed by atoms with E-state index in [0.717, 1.165) is 6.54 Å². The Morgan fingerprint density at radius 3 is 2.64 bits per heavy atom. The summed E-state index contributed by atoms with van der Waals surface area (Å²) in [5, 5.41) is 0. The predicted octanol–water partition coefficient (Wildman–Crippen LogP) is 3.73. The van der Waals surface area contributed by atoms with E-state index in [-0.39, 0.29) is 0 Å². The largest absolute Gasteiger partial charge is 0.373 e. The SMILES string of the molecule is CCCCCCN1C=CC(C)=C(C)C1. The molecule has 1 nitrogen and oxygen atoms in total. The molecular weight excluding hydrogens is 170 g/mol. The highest BCUT2D eigenvalue weighted by atomic mass is 15.1. The summed E-state index contributed by atoms with van der Waals surface area (Å²) in [6.45, 7) is 9.05. The quantitative estimate of drug-likeness (QED) is 0.601. The van der Waals surface area contributed by atoms with Crippen LogP contribution in [-0.2, 0) is 0 Å². The molecule has 0 aliphatic carbocycles. The van der Waals surface area contributed by atoms with Crippen LogP contribution >= 0.6 is 0 Å². The molecule has 0 saturated carbocycles. The zero-order chi connectivity index (χ0) is 10.4. The van der Waals surface area contributed by atoms with E-state index >= 15 is 0 Å². The summed E-state index contributed by atoms with van der Waals surface area (Å²) in [4.78, 5) is 2.43. The summed E-state index contributed by atoms with van der Waals surface area (Å²) in [6.07, 6.45) is 9.90. The second-order valence-corrected chi connectivity index (χ2v) is 4.31. The second-order valence-electron chi connectivity index (χ2n) is 4.31. The number of allylic oxidation sites excluding steroid dienone is 2. The van der Waals surface area contributed by atoms with Gasteiger partial charge in [0.05, 0.1) is 0 Å². The van der Waals surface area contributed by atoms with Crippen LogP contribution in [0.1, 0.15) is 46.5 Å². The maximum Gasteiger partial charge on any atom is 0.0386 e. The average Bonchev–Trinajstić information content (AvgIpc) is 2.18. The lowest BCUT2D eigenvalue weighted by molar-refractivity contribution is 0.384. The maximum absolute atomic E-state index is 2.43. The minimum Gasteiger partial charge on any atom is -0.373 e. The summed E-state index contributed by atoms with van der Waals surface area (Å²) in [7, 11) is 0. The molecule has 0 fully saturated rings. The molecule has 1 heterocycles. The lowest BCUT2D eigenvalue weighted by Crippen LogP contribution is -2.23. The van der Waals surface area contributed by atoms with Crippen molar-refractivity contribution in [1.82, 2.24) is 4.90 Å². The lowest BCUT2D eigenvalue weighted by Gasteiger charge is -2.25. The summed E-state index contributed by atoms with van der Waals surface area (Å²) in [5.41, 5.74) is 2.96. The van der Waals surface area contributed by atoms with Gasteiger partial charge in [-0.3, -0.25) is 0 Å². The van der Waals surface area contributed by atoms with Gasteiger partial charge in [0.2, 0.25) is 0 Å². The number of nitrogens with zero attached hydrogens (tertiary/aromatic N) is 1. The summed E-state index contributed by atoms with van der Waals surface area (Å²) in [6, 6.07) is 0. The standard InChI is InChI=1S/C13H23N/c1-4-5-6-7-9-14-10-8-12(2)13(3)11-14/h8,10H,4-7,9,11H2,1-3H3. The molecule has 0 radical (unpaired) electrons. The fourth-order valence-electron chi connectivity index (χ4n) is 1.74. The first-order valence-electron chi connectivity index (χ1n) is 5.82. The highest BCUT2D eigenvalue weighted by Crippen LogP contribution is 2.14. The smallest absolute Gasteiger partial charge is 0.0386 e. The van der Waals surface area contributed by atoms with E-state index in [4.69, 9.17) is 0 Å². The van der Waals surface area contributed by atoms with Gasteiger partial charge in [-0.25, -0.2) is 0 Å². The van der Waals surface area contributed by atoms with Crippen LogP contribution < -0.4 is 0 Å². The second kappa shape index (κ2) is 5.90. The summed E-state index contributed by atoms with van der Waals surface area (Å²) < 4.78 is 0. The monoisotopic (exact) mass is 193 g/mol. The van der Waals surface area contributed by atoms with E-state index < -0.39 is 0 Å². The molecule has 0 spiro atoms. The van der Waals surface area contributed by atoms with Gasteiger partial charge in [0.25, 0.3) is 0 Å². The van der Waals surface area contributed by atoms with Crippen molar-refractivity contribution in [1.29, 1.82) is 0 Å². The predicted molar refractivity (Wildman–Crippen MR) is 63.2 cm³/mol. The number of hydrogen-bond donors (Lipinski definition) is 0. The Morgan fingerprint density at radius 1 is 1.21 bits per heavy atom. The Bertz CT molecular complexity index is 225. The first-order valence-corrected chi connectivity index (χ1v) is 5.82. The average molecular weight is 193 g/mol. The van der Waals surface area contributed by atoms with Crippen LogP contribution in [-0.4, -0.2) is 18.0 Å². The van der Waals surface area contributed by atoms with Crippen molar-refractivity contribution in [2.24, 2.45) is 0 Å². The minimum absolute atomic E-state index is 1.13. The molecule has 1 heteroatoms. The lowest BCUT2D eigenvalue weighted by atomic mass is 10.1. The van der Waals surface area contributed by atoms with Gasteiger partial charge in [-0.05, 0) is 38.1 Å². The molecule has 0 aromatic carbocycles. The molecule has 14 heavy (non-hydrogen) atoms. The number of hydrogen-bond acceptors (Lipinski definition) is 1.